The molecule has 4 heteroatoms. The Hall–Kier alpha value is -1.06. The van der Waals surface area contributed by atoms with Crippen LogP contribution in [-0.2, 0) is 19.1 Å². The molecule has 0 aromatic heterocycles. The highest BCUT2D eigenvalue weighted by molar-refractivity contribution is 5.71. The van der Waals surface area contributed by atoms with Crippen LogP contribution in [0.3, 0.4) is 0 Å². The first-order valence-electron chi connectivity index (χ1n) is 11.4. The summed E-state index contributed by atoms with van der Waals surface area (Å²) in [5.41, 5.74) is 0. The molecule has 0 N–H and O–H groups in total. The molecule has 4 nitrogen and oxygen atoms in total. The molecule has 160 valence electrons. The van der Waals surface area contributed by atoms with E-state index in [0.717, 1.165) is 64.2 Å². The van der Waals surface area contributed by atoms with Gasteiger partial charge in [-0.25, -0.2) is 0 Å². The van der Waals surface area contributed by atoms with Crippen molar-refractivity contribution in [1.29, 1.82) is 0 Å². The van der Waals surface area contributed by atoms with E-state index in [2.05, 4.69) is 13.8 Å². The van der Waals surface area contributed by atoms with E-state index in [4.69, 9.17) is 9.47 Å². The van der Waals surface area contributed by atoms with Gasteiger partial charge in [-0.05, 0) is 25.7 Å². The summed E-state index contributed by atoms with van der Waals surface area (Å²) in [7, 11) is 0. The molecule has 0 aliphatic rings. The van der Waals surface area contributed by atoms with E-state index < -0.39 is 0 Å². The van der Waals surface area contributed by atoms with Crippen LogP contribution in [0.15, 0.2) is 0 Å². The van der Waals surface area contributed by atoms with Gasteiger partial charge in [0.2, 0.25) is 0 Å². The molecule has 27 heavy (non-hydrogen) atoms. The third kappa shape index (κ3) is 18.1. The van der Waals surface area contributed by atoms with Crippen LogP contribution >= 0.6 is 0 Å². The fourth-order valence-corrected chi connectivity index (χ4v) is 3.00. The second-order valence-electron chi connectivity index (χ2n) is 7.72. The third-order valence-corrected chi connectivity index (χ3v) is 4.92. The zero-order valence-corrected chi connectivity index (χ0v) is 18.2. The van der Waals surface area contributed by atoms with Crippen LogP contribution < -0.4 is 0 Å². The number of unbranched alkanes of at least 4 members (excludes halogenated alkanes) is 10. The van der Waals surface area contributed by atoms with Gasteiger partial charge in [0.05, 0.1) is 19.1 Å². The van der Waals surface area contributed by atoms with Crippen LogP contribution in [0.25, 0.3) is 0 Å². The van der Waals surface area contributed by atoms with Crippen LogP contribution in [-0.4, -0.2) is 25.2 Å². The lowest BCUT2D eigenvalue weighted by molar-refractivity contribution is -0.148. The Kier molecular flexibility index (Phi) is 18.9. The van der Waals surface area contributed by atoms with Gasteiger partial charge in [-0.2, -0.15) is 0 Å². The summed E-state index contributed by atoms with van der Waals surface area (Å²) in [5.74, 6) is -0.0516. The molecule has 0 rings (SSSR count). The lowest BCUT2D eigenvalue weighted by Gasteiger charge is -2.11. The standard InChI is InChI=1S/C23H44O4/c1-4-6-15-19-26-22(24)18-14-12-10-8-9-11-13-17-21(3)23(25)27-20-16-7-5-2/h21H,4-20H2,1-3H3. The van der Waals surface area contributed by atoms with Gasteiger partial charge in [-0.3, -0.25) is 9.59 Å². The first-order valence-corrected chi connectivity index (χ1v) is 11.4. The summed E-state index contributed by atoms with van der Waals surface area (Å²) < 4.78 is 10.5. The van der Waals surface area contributed by atoms with E-state index in [9.17, 15) is 9.59 Å². The zero-order chi connectivity index (χ0) is 20.2. The summed E-state index contributed by atoms with van der Waals surface area (Å²) in [5, 5.41) is 0. The average molecular weight is 385 g/mol. The van der Waals surface area contributed by atoms with Crippen molar-refractivity contribution in [2.45, 2.75) is 117 Å². The maximum Gasteiger partial charge on any atom is 0.308 e. The second kappa shape index (κ2) is 19.7. The molecule has 0 fully saturated rings. The minimum Gasteiger partial charge on any atom is -0.466 e. The SMILES string of the molecule is CCCCCOC(=O)CCCCCCCCCC(C)C(=O)OCCCCC. The molecule has 0 aromatic rings. The lowest BCUT2D eigenvalue weighted by atomic mass is 10.0. The first kappa shape index (κ1) is 25.9. The highest BCUT2D eigenvalue weighted by Crippen LogP contribution is 2.14. The Bertz CT molecular complexity index is 354. The number of hydrogen-bond acceptors (Lipinski definition) is 4. The zero-order valence-electron chi connectivity index (χ0n) is 18.2. The molecule has 0 amide bonds. The van der Waals surface area contributed by atoms with Crippen molar-refractivity contribution in [3.63, 3.8) is 0 Å². The predicted octanol–water partition coefficient (Wildman–Crippen LogP) is 6.60. The number of carbonyl (C=O) groups excluding carboxylic acids is 2. The van der Waals surface area contributed by atoms with Gasteiger partial charge in [0.15, 0.2) is 0 Å². The normalized spacial score (nSPS) is 12.0. The van der Waals surface area contributed by atoms with Crippen molar-refractivity contribution in [1.82, 2.24) is 0 Å². The highest BCUT2D eigenvalue weighted by atomic mass is 16.5. The summed E-state index contributed by atoms with van der Waals surface area (Å²) in [6.45, 7) is 7.42. The van der Waals surface area contributed by atoms with Crippen LogP contribution in [0.2, 0.25) is 0 Å². The maximum atomic E-state index is 11.8. The van der Waals surface area contributed by atoms with E-state index in [1.165, 1.54) is 25.7 Å². The van der Waals surface area contributed by atoms with Crippen LogP contribution in [0, 0.1) is 5.92 Å². The van der Waals surface area contributed by atoms with Gasteiger partial charge >= 0.3 is 11.9 Å². The first-order chi connectivity index (χ1) is 13.1. The molecule has 0 saturated carbocycles. The van der Waals surface area contributed by atoms with Crippen molar-refractivity contribution in [2.24, 2.45) is 5.92 Å². The number of hydrogen-bond donors (Lipinski definition) is 0. The summed E-state index contributed by atoms with van der Waals surface area (Å²) in [6.07, 6.45) is 15.9. The van der Waals surface area contributed by atoms with Crippen LogP contribution in [0.5, 0.6) is 0 Å². The topological polar surface area (TPSA) is 52.6 Å². The lowest BCUT2D eigenvalue weighted by Crippen LogP contribution is -2.15. The van der Waals surface area contributed by atoms with E-state index in [1.54, 1.807) is 0 Å². The van der Waals surface area contributed by atoms with Gasteiger partial charge in [0.25, 0.3) is 0 Å². The van der Waals surface area contributed by atoms with E-state index in [0.29, 0.717) is 19.6 Å². The van der Waals surface area contributed by atoms with Gasteiger partial charge in [-0.15, -0.1) is 0 Å². The number of esters is 2. The number of rotatable bonds is 19. The Morgan fingerprint density at radius 2 is 1.19 bits per heavy atom. The van der Waals surface area contributed by atoms with Crippen molar-refractivity contribution in [3.8, 4) is 0 Å². The monoisotopic (exact) mass is 384 g/mol. The van der Waals surface area contributed by atoms with E-state index in [1.807, 2.05) is 6.92 Å². The maximum absolute atomic E-state index is 11.8. The largest absolute Gasteiger partial charge is 0.466 e. The van der Waals surface area contributed by atoms with Crippen LogP contribution in [0.1, 0.15) is 117 Å². The third-order valence-electron chi connectivity index (χ3n) is 4.92. The molecule has 0 spiro atoms. The van der Waals surface area contributed by atoms with Crippen molar-refractivity contribution >= 4 is 11.9 Å². The Morgan fingerprint density at radius 1 is 0.667 bits per heavy atom. The fourth-order valence-electron chi connectivity index (χ4n) is 3.00. The van der Waals surface area contributed by atoms with Crippen molar-refractivity contribution in [2.75, 3.05) is 13.2 Å². The quantitative estimate of drug-likeness (QED) is 0.186. The van der Waals surface area contributed by atoms with Gasteiger partial charge in [0, 0.05) is 6.42 Å². The molecule has 0 aromatic carbocycles. The molecule has 1 atom stereocenters. The molecule has 0 aliphatic carbocycles. The molecule has 1 unspecified atom stereocenters. The average Bonchev–Trinajstić information content (AvgIpc) is 2.66. The Morgan fingerprint density at radius 3 is 1.78 bits per heavy atom. The predicted molar refractivity (Wildman–Crippen MR) is 112 cm³/mol. The van der Waals surface area contributed by atoms with Crippen LogP contribution in [0.4, 0.5) is 0 Å². The molecule has 0 heterocycles. The van der Waals surface area contributed by atoms with Gasteiger partial charge in [0.1, 0.15) is 0 Å². The minimum absolute atomic E-state index is 0.0231. The highest BCUT2D eigenvalue weighted by Gasteiger charge is 2.13. The molecule has 0 radical (unpaired) electrons. The Labute approximate surface area is 167 Å². The minimum atomic E-state index is -0.0401. The second-order valence-corrected chi connectivity index (χ2v) is 7.72. The fraction of sp³-hybridized carbons (Fsp3) is 0.913. The van der Waals surface area contributed by atoms with Gasteiger partial charge < -0.3 is 9.47 Å². The van der Waals surface area contributed by atoms with E-state index in [-0.39, 0.29) is 17.9 Å². The molecule has 0 bridgehead atoms. The summed E-state index contributed by atoms with van der Waals surface area (Å²) in [6, 6.07) is 0. The summed E-state index contributed by atoms with van der Waals surface area (Å²) >= 11 is 0. The molecule has 0 saturated heterocycles. The van der Waals surface area contributed by atoms with E-state index >= 15 is 0 Å². The van der Waals surface area contributed by atoms with Crippen molar-refractivity contribution < 1.29 is 19.1 Å². The summed E-state index contributed by atoms with van der Waals surface area (Å²) in [4.78, 5) is 23.4. The molecule has 0 aliphatic heterocycles. The number of carbonyl (C=O) groups is 2. The Balaban J connectivity index is 3.36. The molecular formula is C23H44O4. The smallest absolute Gasteiger partial charge is 0.308 e. The van der Waals surface area contributed by atoms with Gasteiger partial charge in [-0.1, -0.05) is 85.0 Å². The molecular weight excluding hydrogens is 340 g/mol. The number of ether oxygens (including phenoxy) is 2. The van der Waals surface area contributed by atoms with Crippen molar-refractivity contribution in [3.05, 3.63) is 0 Å².